The Balaban J connectivity index is 1.74. The lowest BCUT2D eigenvalue weighted by Gasteiger charge is -2.04. The smallest absolute Gasteiger partial charge is 0.257 e. The molecule has 0 radical (unpaired) electrons. The van der Waals surface area contributed by atoms with Gasteiger partial charge in [0.05, 0.1) is 16.8 Å². The van der Waals surface area contributed by atoms with Gasteiger partial charge in [0.15, 0.2) is 5.16 Å². The van der Waals surface area contributed by atoms with Crippen molar-refractivity contribution in [3.8, 4) is 12.3 Å². The van der Waals surface area contributed by atoms with Crippen LogP contribution in [0.1, 0.15) is 10.4 Å². The summed E-state index contributed by atoms with van der Waals surface area (Å²) in [5.74, 6) is 2.90. The van der Waals surface area contributed by atoms with Gasteiger partial charge in [-0.05, 0) is 34.5 Å². The van der Waals surface area contributed by atoms with Crippen LogP contribution in [0.15, 0.2) is 78.0 Å². The topological polar surface area (TPSA) is 34.9 Å². The Morgan fingerprint density at radius 2 is 1.85 bits per heavy atom. The lowest BCUT2D eigenvalue weighted by molar-refractivity contribution is 0.0965. The van der Waals surface area contributed by atoms with E-state index in [9.17, 15) is 4.79 Å². The minimum atomic E-state index is -0.142. The standard InChI is InChI=1S/C23H16N2OS/c1-2-16-27-23-24-20-12-5-6-13-21(20)25(23)22(26)15-14-18-10-7-9-17-8-3-4-11-19(17)18/h1,3-15H,16H2/b15-14+. The van der Waals surface area contributed by atoms with Gasteiger partial charge in [-0.3, -0.25) is 9.36 Å². The molecule has 0 bridgehead atoms. The van der Waals surface area contributed by atoms with Crippen molar-refractivity contribution in [2.24, 2.45) is 0 Å². The van der Waals surface area contributed by atoms with Crippen molar-refractivity contribution < 1.29 is 4.79 Å². The first-order valence-corrected chi connectivity index (χ1v) is 9.50. The van der Waals surface area contributed by atoms with Crippen molar-refractivity contribution in [3.63, 3.8) is 0 Å². The molecule has 0 saturated carbocycles. The molecule has 0 amide bonds. The van der Waals surface area contributed by atoms with E-state index in [0.717, 1.165) is 27.4 Å². The van der Waals surface area contributed by atoms with Crippen LogP contribution in [0.3, 0.4) is 0 Å². The average molecular weight is 368 g/mol. The Hall–Kier alpha value is -3.29. The fourth-order valence-electron chi connectivity index (χ4n) is 3.05. The molecule has 0 aliphatic carbocycles. The predicted molar refractivity (Wildman–Crippen MR) is 113 cm³/mol. The molecule has 0 N–H and O–H groups in total. The van der Waals surface area contributed by atoms with E-state index in [2.05, 4.69) is 29.1 Å². The molecule has 1 aromatic heterocycles. The number of hydrogen-bond donors (Lipinski definition) is 0. The molecule has 4 heteroatoms. The molecular formula is C23H16N2OS. The zero-order chi connectivity index (χ0) is 18.6. The van der Waals surface area contributed by atoms with Gasteiger partial charge >= 0.3 is 0 Å². The van der Waals surface area contributed by atoms with E-state index in [1.54, 1.807) is 10.6 Å². The second-order valence-electron chi connectivity index (χ2n) is 5.95. The number of benzene rings is 3. The minimum absolute atomic E-state index is 0.142. The van der Waals surface area contributed by atoms with Crippen molar-refractivity contribution in [2.75, 3.05) is 5.75 Å². The van der Waals surface area contributed by atoms with Crippen molar-refractivity contribution in [1.29, 1.82) is 0 Å². The third-order valence-electron chi connectivity index (χ3n) is 4.26. The highest BCUT2D eigenvalue weighted by molar-refractivity contribution is 7.99. The van der Waals surface area contributed by atoms with Gasteiger partial charge in [-0.25, -0.2) is 4.98 Å². The third kappa shape index (κ3) is 3.38. The maximum absolute atomic E-state index is 13.0. The SMILES string of the molecule is C#CCSc1nc2ccccc2n1C(=O)/C=C/c1cccc2ccccc12. The van der Waals surface area contributed by atoms with Crippen molar-refractivity contribution in [2.45, 2.75) is 5.16 Å². The van der Waals surface area contributed by atoms with E-state index in [0.29, 0.717) is 10.9 Å². The number of carbonyl (C=O) groups excluding carboxylic acids is 1. The van der Waals surface area contributed by atoms with Crippen LogP contribution in [0.5, 0.6) is 0 Å². The summed E-state index contributed by atoms with van der Waals surface area (Å²) < 4.78 is 1.62. The molecule has 27 heavy (non-hydrogen) atoms. The maximum atomic E-state index is 13.0. The molecule has 0 spiro atoms. The second kappa shape index (κ2) is 7.53. The highest BCUT2D eigenvalue weighted by Gasteiger charge is 2.15. The number of hydrogen-bond acceptors (Lipinski definition) is 3. The largest absolute Gasteiger partial charge is 0.269 e. The van der Waals surface area contributed by atoms with Crippen LogP contribution in [-0.4, -0.2) is 21.2 Å². The number of allylic oxidation sites excluding steroid dienone is 1. The number of thioether (sulfide) groups is 1. The van der Waals surface area contributed by atoms with Gasteiger partial charge in [0.2, 0.25) is 0 Å². The lowest BCUT2D eigenvalue weighted by atomic mass is 10.0. The predicted octanol–water partition coefficient (Wildman–Crippen LogP) is 5.27. The summed E-state index contributed by atoms with van der Waals surface area (Å²) in [4.78, 5) is 17.5. The van der Waals surface area contributed by atoms with Gasteiger partial charge in [0, 0.05) is 6.08 Å². The lowest BCUT2D eigenvalue weighted by Crippen LogP contribution is -2.08. The molecule has 0 saturated heterocycles. The van der Waals surface area contributed by atoms with Gasteiger partial charge in [-0.15, -0.1) is 6.42 Å². The first-order valence-electron chi connectivity index (χ1n) is 8.52. The summed E-state index contributed by atoms with van der Waals surface area (Å²) >= 11 is 1.39. The summed E-state index contributed by atoms with van der Waals surface area (Å²) in [6.07, 6.45) is 8.83. The number of imidazole rings is 1. The zero-order valence-corrected chi connectivity index (χ0v) is 15.3. The molecular weight excluding hydrogens is 352 g/mol. The first kappa shape index (κ1) is 17.1. The number of para-hydroxylation sites is 2. The number of aromatic nitrogens is 2. The van der Waals surface area contributed by atoms with E-state index < -0.39 is 0 Å². The number of carbonyl (C=O) groups is 1. The maximum Gasteiger partial charge on any atom is 0.257 e. The summed E-state index contributed by atoms with van der Waals surface area (Å²) in [5, 5.41) is 2.87. The third-order valence-corrected chi connectivity index (χ3v) is 5.11. The van der Waals surface area contributed by atoms with Crippen molar-refractivity contribution >= 4 is 45.6 Å². The fourth-order valence-corrected chi connectivity index (χ4v) is 3.74. The molecule has 0 aliphatic rings. The number of terminal acetylenes is 1. The Labute approximate surface area is 161 Å². The van der Waals surface area contributed by atoms with E-state index in [-0.39, 0.29) is 5.91 Å². The van der Waals surface area contributed by atoms with Gasteiger partial charge < -0.3 is 0 Å². The molecule has 3 aromatic carbocycles. The fraction of sp³-hybridized carbons (Fsp3) is 0.0435. The molecule has 4 aromatic rings. The van der Waals surface area contributed by atoms with Crippen LogP contribution in [-0.2, 0) is 0 Å². The number of fused-ring (bicyclic) bond motifs is 2. The molecule has 0 atom stereocenters. The van der Waals surface area contributed by atoms with Crippen LogP contribution >= 0.6 is 11.8 Å². The van der Waals surface area contributed by atoms with Gasteiger partial charge in [-0.1, -0.05) is 72.3 Å². The normalized spacial score (nSPS) is 11.2. The van der Waals surface area contributed by atoms with Crippen molar-refractivity contribution in [1.82, 2.24) is 9.55 Å². The van der Waals surface area contributed by atoms with Crippen molar-refractivity contribution in [3.05, 3.63) is 78.4 Å². The van der Waals surface area contributed by atoms with Crippen LogP contribution < -0.4 is 0 Å². The van der Waals surface area contributed by atoms with Crippen LogP contribution in [0.2, 0.25) is 0 Å². The number of rotatable bonds is 4. The average Bonchev–Trinajstić information content (AvgIpc) is 3.08. The Morgan fingerprint density at radius 3 is 2.74 bits per heavy atom. The summed E-state index contributed by atoms with van der Waals surface area (Å²) in [7, 11) is 0. The van der Waals surface area contributed by atoms with Crippen LogP contribution in [0, 0.1) is 12.3 Å². The van der Waals surface area contributed by atoms with Crippen LogP contribution in [0.25, 0.3) is 27.9 Å². The Morgan fingerprint density at radius 1 is 1.07 bits per heavy atom. The zero-order valence-electron chi connectivity index (χ0n) is 14.5. The highest BCUT2D eigenvalue weighted by atomic mass is 32.2. The minimum Gasteiger partial charge on any atom is -0.269 e. The summed E-state index contributed by atoms with van der Waals surface area (Å²) in [6.45, 7) is 0. The first-order chi connectivity index (χ1) is 13.3. The quantitative estimate of drug-likeness (QED) is 0.280. The van der Waals surface area contributed by atoms with Gasteiger partial charge in [-0.2, -0.15) is 0 Å². The molecule has 4 rings (SSSR count). The molecule has 0 aliphatic heterocycles. The second-order valence-corrected chi connectivity index (χ2v) is 6.89. The Kier molecular flexibility index (Phi) is 4.78. The van der Waals surface area contributed by atoms with Gasteiger partial charge in [0.1, 0.15) is 0 Å². The molecule has 3 nitrogen and oxygen atoms in total. The summed E-state index contributed by atoms with van der Waals surface area (Å²) in [5.41, 5.74) is 2.57. The number of nitrogens with zero attached hydrogens (tertiary/aromatic N) is 2. The Bertz CT molecular complexity index is 1210. The monoisotopic (exact) mass is 368 g/mol. The van der Waals surface area contributed by atoms with E-state index in [1.807, 2.05) is 54.6 Å². The highest BCUT2D eigenvalue weighted by Crippen LogP contribution is 2.24. The van der Waals surface area contributed by atoms with E-state index in [1.165, 1.54) is 11.8 Å². The summed E-state index contributed by atoms with van der Waals surface area (Å²) in [6, 6.07) is 21.8. The van der Waals surface area contributed by atoms with E-state index in [4.69, 9.17) is 6.42 Å². The molecule has 0 unspecified atom stereocenters. The molecule has 130 valence electrons. The van der Waals surface area contributed by atoms with Crippen LogP contribution in [0.4, 0.5) is 0 Å². The van der Waals surface area contributed by atoms with E-state index >= 15 is 0 Å². The molecule has 0 fully saturated rings. The van der Waals surface area contributed by atoms with Gasteiger partial charge in [0.25, 0.3) is 5.91 Å². The molecule has 1 heterocycles.